The molecule has 6 nitrogen and oxygen atoms in total. The molecule has 0 radical (unpaired) electrons. The third-order valence-electron chi connectivity index (χ3n) is 3.36. The van der Waals surface area contributed by atoms with Gasteiger partial charge in [0.2, 0.25) is 0 Å². The van der Waals surface area contributed by atoms with Crippen molar-refractivity contribution in [3.63, 3.8) is 0 Å². The SMILES string of the molecule is CCOC(=O)c1sc(NC(=O)c2ccc(OC)c(Br)c2)c(C#N)c1C. The van der Waals surface area contributed by atoms with E-state index in [2.05, 4.69) is 21.2 Å². The second kappa shape index (κ2) is 8.14. The molecule has 130 valence electrons. The van der Waals surface area contributed by atoms with Gasteiger partial charge in [-0.3, -0.25) is 4.79 Å². The topological polar surface area (TPSA) is 88.4 Å². The highest BCUT2D eigenvalue weighted by Gasteiger charge is 2.22. The fraction of sp³-hybridized carbons (Fsp3) is 0.235. The zero-order valence-corrected chi connectivity index (χ0v) is 16.2. The Hall–Kier alpha value is -2.37. The molecule has 0 aliphatic heterocycles. The molecule has 8 heteroatoms. The lowest BCUT2D eigenvalue weighted by molar-refractivity contribution is 0.0531. The van der Waals surface area contributed by atoms with Crippen LogP contribution in [0.2, 0.25) is 0 Å². The van der Waals surface area contributed by atoms with Crippen LogP contribution < -0.4 is 10.1 Å². The predicted octanol–water partition coefficient (Wildman–Crippen LogP) is 4.13. The van der Waals surface area contributed by atoms with Crippen molar-refractivity contribution < 1.29 is 19.1 Å². The number of hydrogen-bond donors (Lipinski definition) is 1. The van der Waals surface area contributed by atoms with E-state index < -0.39 is 11.9 Å². The Morgan fingerprint density at radius 2 is 2.12 bits per heavy atom. The lowest BCUT2D eigenvalue weighted by atomic mass is 10.1. The summed E-state index contributed by atoms with van der Waals surface area (Å²) in [5.41, 5.74) is 1.14. The zero-order chi connectivity index (χ0) is 18.6. The number of methoxy groups -OCH3 is 1. The van der Waals surface area contributed by atoms with E-state index in [0.717, 1.165) is 11.3 Å². The van der Waals surface area contributed by atoms with Crippen LogP contribution in [0.3, 0.4) is 0 Å². The van der Waals surface area contributed by atoms with Crippen LogP contribution >= 0.6 is 27.3 Å². The van der Waals surface area contributed by atoms with Crippen LogP contribution in [0, 0.1) is 18.3 Å². The molecule has 0 saturated heterocycles. The molecular formula is C17H15BrN2O4S. The molecule has 1 aromatic carbocycles. The third kappa shape index (κ3) is 4.00. The van der Waals surface area contributed by atoms with E-state index in [1.807, 2.05) is 6.07 Å². The van der Waals surface area contributed by atoms with Gasteiger partial charge in [0.05, 0.1) is 23.8 Å². The normalized spacial score (nSPS) is 10.0. The van der Waals surface area contributed by atoms with E-state index in [0.29, 0.717) is 31.2 Å². The molecule has 0 aliphatic carbocycles. The highest BCUT2D eigenvalue weighted by atomic mass is 79.9. The Balaban J connectivity index is 2.32. The number of thiophene rings is 1. The van der Waals surface area contributed by atoms with E-state index in [1.165, 1.54) is 7.11 Å². The monoisotopic (exact) mass is 422 g/mol. The van der Waals surface area contributed by atoms with Crippen molar-refractivity contribution in [1.29, 1.82) is 5.26 Å². The summed E-state index contributed by atoms with van der Waals surface area (Å²) in [6.07, 6.45) is 0. The van der Waals surface area contributed by atoms with E-state index in [4.69, 9.17) is 9.47 Å². The van der Waals surface area contributed by atoms with Gasteiger partial charge in [-0.2, -0.15) is 5.26 Å². The first kappa shape index (κ1) is 19.0. The van der Waals surface area contributed by atoms with Gasteiger partial charge in [0.15, 0.2) is 0 Å². The number of rotatable bonds is 5. The molecule has 2 rings (SSSR count). The Kier molecular flexibility index (Phi) is 6.17. The average Bonchev–Trinajstić information content (AvgIpc) is 2.90. The highest BCUT2D eigenvalue weighted by molar-refractivity contribution is 9.10. The number of esters is 1. The van der Waals surface area contributed by atoms with Gasteiger partial charge in [-0.05, 0) is 53.5 Å². The van der Waals surface area contributed by atoms with E-state index >= 15 is 0 Å². The van der Waals surface area contributed by atoms with E-state index in [9.17, 15) is 14.9 Å². The number of nitrogens with one attached hydrogen (secondary N) is 1. The lowest BCUT2D eigenvalue weighted by Gasteiger charge is -2.07. The van der Waals surface area contributed by atoms with Gasteiger partial charge in [-0.25, -0.2) is 4.79 Å². The number of hydrogen-bond acceptors (Lipinski definition) is 6. The third-order valence-corrected chi connectivity index (χ3v) is 5.17. The van der Waals surface area contributed by atoms with Gasteiger partial charge in [0, 0.05) is 5.56 Å². The first-order valence-electron chi connectivity index (χ1n) is 7.28. The summed E-state index contributed by atoms with van der Waals surface area (Å²) in [5, 5.41) is 12.4. The predicted molar refractivity (Wildman–Crippen MR) is 98.4 cm³/mol. The van der Waals surface area contributed by atoms with Gasteiger partial charge < -0.3 is 14.8 Å². The number of nitrogens with zero attached hydrogens (tertiary/aromatic N) is 1. The highest BCUT2D eigenvalue weighted by Crippen LogP contribution is 2.34. The smallest absolute Gasteiger partial charge is 0.348 e. The number of benzene rings is 1. The van der Waals surface area contributed by atoms with Crippen molar-refractivity contribution in [2.75, 3.05) is 19.0 Å². The van der Waals surface area contributed by atoms with Crippen molar-refractivity contribution in [1.82, 2.24) is 0 Å². The molecule has 1 aromatic heterocycles. The van der Waals surface area contributed by atoms with Gasteiger partial charge in [-0.1, -0.05) is 0 Å². The maximum absolute atomic E-state index is 12.5. The van der Waals surface area contributed by atoms with Crippen molar-refractivity contribution in [3.8, 4) is 11.8 Å². The maximum atomic E-state index is 12.5. The van der Waals surface area contributed by atoms with Crippen LogP contribution in [0.5, 0.6) is 5.75 Å². The van der Waals surface area contributed by atoms with Crippen LogP contribution in [-0.4, -0.2) is 25.6 Å². The minimum absolute atomic E-state index is 0.236. The van der Waals surface area contributed by atoms with Crippen molar-refractivity contribution in [2.24, 2.45) is 0 Å². The van der Waals surface area contributed by atoms with Gasteiger partial charge in [0.1, 0.15) is 21.7 Å². The number of ether oxygens (including phenoxy) is 2. The number of carbonyl (C=O) groups is 2. The minimum Gasteiger partial charge on any atom is -0.496 e. The molecule has 0 saturated carbocycles. The van der Waals surface area contributed by atoms with Crippen molar-refractivity contribution in [3.05, 3.63) is 44.2 Å². The summed E-state index contributed by atoms with van der Waals surface area (Å²) < 4.78 is 10.8. The fourth-order valence-electron chi connectivity index (χ4n) is 2.11. The molecule has 0 unspecified atom stereocenters. The number of nitriles is 1. The fourth-order valence-corrected chi connectivity index (χ4v) is 3.70. The first-order valence-corrected chi connectivity index (χ1v) is 8.89. The van der Waals surface area contributed by atoms with Crippen molar-refractivity contribution in [2.45, 2.75) is 13.8 Å². The number of amides is 1. The number of anilines is 1. The Morgan fingerprint density at radius 1 is 1.40 bits per heavy atom. The molecule has 25 heavy (non-hydrogen) atoms. The number of carbonyl (C=O) groups excluding carboxylic acids is 2. The molecule has 0 fully saturated rings. The molecule has 1 N–H and O–H groups in total. The molecule has 1 heterocycles. The lowest BCUT2D eigenvalue weighted by Crippen LogP contribution is -2.11. The van der Waals surface area contributed by atoms with Crippen LogP contribution in [0.1, 0.15) is 38.1 Å². The minimum atomic E-state index is -0.505. The van der Waals surface area contributed by atoms with Crippen LogP contribution in [0.15, 0.2) is 22.7 Å². The summed E-state index contributed by atoms with van der Waals surface area (Å²) in [7, 11) is 1.53. The molecular weight excluding hydrogens is 408 g/mol. The van der Waals surface area contributed by atoms with Crippen LogP contribution in [0.25, 0.3) is 0 Å². The molecule has 0 aliphatic rings. The molecule has 0 spiro atoms. The van der Waals surface area contributed by atoms with Gasteiger partial charge >= 0.3 is 5.97 Å². The van der Waals surface area contributed by atoms with Gasteiger partial charge in [-0.15, -0.1) is 11.3 Å². The van der Waals surface area contributed by atoms with Crippen LogP contribution in [-0.2, 0) is 4.74 Å². The second-order valence-electron chi connectivity index (χ2n) is 4.90. The number of halogens is 1. The summed E-state index contributed by atoms with van der Waals surface area (Å²) in [6, 6.07) is 6.91. The Labute approximate surface area is 157 Å². The summed E-state index contributed by atoms with van der Waals surface area (Å²) in [4.78, 5) is 24.7. The largest absolute Gasteiger partial charge is 0.496 e. The van der Waals surface area contributed by atoms with Gasteiger partial charge in [0.25, 0.3) is 5.91 Å². The summed E-state index contributed by atoms with van der Waals surface area (Å²) in [5.74, 6) is -0.295. The summed E-state index contributed by atoms with van der Waals surface area (Å²) in [6.45, 7) is 3.59. The second-order valence-corrected chi connectivity index (χ2v) is 6.77. The standard InChI is InChI=1S/C17H15BrN2O4S/c1-4-24-17(22)14-9(2)11(8-19)16(25-14)20-15(21)10-5-6-13(23-3)12(18)7-10/h5-7H,4H2,1-3H3,(H,20,21). The zero-order valence-electron chi connectivity index (χ0n) is 13.8. The molecule has 0 bridgehead atoms. The molecule has 1 amide bonds. The Morgan fingerprint density at radius 3 is 2.68 bits per heavy atom. The molecule has 0 atom stereocenters. The van der Waals surface area contributed by atoms with E-state index in [-0.39, 0.29) is 12.2 Å². The summed E-state index contributed by atoms with van der Waals surface area (Å²) >= 11 is 4.35. The first-order chi connectivity index (χ1) is 11.9. The van der Waals surface area contributed by atoms with E-state index in [1.54, 1.807) is 32.0 Å². The molecule has 2 aromatic rings. The average molecular weight is 423 g/mol. The maximum Gasteiger partial charge on any atom is 0.348 e. The Bertz CT molecular complexity index is 870. The quantitative estimate of drug-likeness (QED) is 0.731. The van der Waals surface area contributed by atoms with Crippen LogP contribution in [0.4, 0.5) is 5.00 Å². The van der Waals surface area contributed by atoms with Crippen molar-refractivity contribution >= 4 is 44.1 Å².